The first-order valence-corrected chi connectivity index (χ1v) is 7.75. The van der Waals surface area contributed by atoms with Gasteiger partial charge >= 0.3 is 6.03 Å². The molecule has 0 saturated carbocycles. The highest BCUT2D eigenvalue weighted by atomic mass is 35.5. The van der Waals surface area contributed by atoms with E-state index in [1.54, 1.807) is 0 Å². The molecule has 0 radical (unpaired) electrons. The Morgan fingerprint density at radius 1 is 1.36 bits per heavy atom. The van der Waals surface area contributed by atoms with Gasteiger partial charge in [-0.2, -0.15) is 0 Å². The number of rotatable bonds is 4. The van der Waals surface area contributed by atoms with E-state index in [-0.39, 0.29) is 22.9 Å². The van der Waals surface area contributed by atoms with Crippen LogP contribution in [0.4, 0.5) is 16.2 Å². The minimum atomic E-state index is -0.554. The molecule has 0 unspecified atom stereocenters. The molecule has 2 N–H and O–H groups in total. The number of hydrogen-bond acceptors (Lipinski definition) is 4. The van der Waals surface area contributed by atoms with Gasteiger partial charge in [-0.05, 0) is 25.1 Å². The number of nitro benzene ring substituents is 1. The molecule has 0 aliphatic rings. The largest absolute Gasteiger partial charge is 0.332 e. The van der Waals surface area contributed by atoms with Crippen LogP contribution in [0, 0.1) is 17.0 Å². The molecule has 0 bridgehead atoms. The number of anilines is 1. The maximum atomic E-state index is 12.1. The molecule has 25 heavy (non-hydrogen) atoms. The smallest absolute Gasteiger partial charge is 0.319 e. The van der Waals surface area contributed by atoms with Crippen molar-refractivity contribution >= 4 is 34.5 Å². The van der Waals surface area contributed by atoms with Crippen molar-refractivity contribution in [3.8, 4) is 0 Å². The summed E-state index contributed by atoms with van der Waals surface area (Å²) in [7, 11) is 0. The molecule has 0 aliphatic carbocycles. The number of amides is 2. The molecule has 1 aromatic carbocycles. The van der Waals surface area contributed by atoms with E-state index in [0.717, 1.165) is 17.0 Å². The van der Waals surface area contributed by atoms with Gasteiger partial charge < -0.3 is 15.0 Å². The molecule has 0 saturated heterocycles. The van der Waals surface area contributed by atoms with Crippen LogP contribution in [0.25, 0.3) is 5.52 Å². The number of aromatic nitrogens is 2. The second-order valence-corrected chi connectivity index (χ2v) is 5.70. The first-order valence-electron chi connectivity index (χ1n) is 7.37. The van der Waals surface area contributed by atoms with Crippen molar-refractivity contribution in [2.75, 3.05) is 5.32 Å². The number of urea groups is 1. The zero-order valence-electron chi connectivity index (χ0n) is 13.2. The summed E-state index contributed by atoms with van der Waals surface area (Å²) in [5.74, 6) is 0.825. The van der Waals surface area contributed by atoms with Gasteiger partial charge in [-0.25, -0.2) is 9.78 Å². The highest BCUT2D eigenvalue weighted by molar-refractivity contribution is 6.33. The monoisotopic (exact) mass is 359 g/mol. The molecule has 128 valence electrons. The summed E-state index contributed by atoms with van der Waals surface area (Å²) in [6, 6.07) is 9.08. The highest BCUT2D eigenvalue weighted by Gasteiger charge is 2.12. The second kappa shape index (κ2) is 6.78. The number of halogens is 1. The molecule has 0 aliphatic heterocycles. The number of carbonyl (C=O) groups is 1. The molecular weight excluding hydrogens is 346 g/mol. The predicted molar refractivity (Wildman–Crippen MR) is 93.9 cm³/mol. The van der Waals surface area contributed by atoms with Gasteiger partial charge in [0.2, 0.25) is 0 Å². The standard InChI is InChI=1S/C16H14ClN5O3/c1-10-19-14(15-4-2-3-7-21(10)15)9-18-16(23)20-13-6-5-11(22(24)25)8-12(13)17/h2-8H,9H2,1H3,(H2,18,20,23). The maximum absolute atomic E-state index is 12.1. The SMILES string of the molecule is Cc1nc(CNC(=O)Nc2ccc([N+](=O)[O-])cc2Cl)c2ccccn12. The zero-order valence-corrected chi connectivity index (χ0v) is 13.9. The van der Waals surface area contributed by atoms with Crippen molar-refractivity contribution in [2.45, 2.75) is 13.5 Å². The Labute approximate surface area is 147 Å². The van der Waals surface area contributed by atoms with Crippen LogP contribution in [0.15, 0.2) is 42.6 Å². The average Bonchev–Trinajstić information content (AvgIpc) is 2.91. The van der Waals surface area contributed by atoms with Crippen molar-refractivity contribution in [1.82, 2.24) is 14.7 Å². The summed E-state index contributed by atoms with van der Waals surface area (Å²) in [4.78, 5) is 26.6. The van der Waals surface area contributed by atoms with Gasteiger partial charge in [-0.1, -0.05) is 17.7 Å². The van der Waals surface area contributed by atoms with Crippen LogP contribution < -0.4 is 10.6 Å². The van der Waals surface area contributed by atoms with Gasteiger partial charge in [0, 0.05) is 18.3 Å². The van der Waals surface area contributed by atoms with Gasteiger partial charge in [0.25, 0.3) is 5.69 Å². The van der Waals surface area contributed by atoms with E-state index < -0.39 is 11.0 Å². The Morgan fingerprint density at radius 2 is 2.16 bits per heavy atom. The predicted octanol–water partition coefficient (Wildman–Crippen LogP) is 3.53. The summed E-state index contributed by atoms with van der Waals surface area (Å²) in [5, 5.41) is 16.0. The van der Waals surface area contributed by atoms with Crippen molar-refractivity contribution in [3.05, 3.63) is 69.3 Å². The Morgan fingerprint density at radius 3 is 2.88 bits per heavy atom. The molecule has 2 aromatic heterocycles. The Hall–Kier alpha value is -3.13. The third kappa shape index (κ3) is 3.53. The number of pyridine rings is 1. The molecule has 2 heterocycles. The highest BCUT2D eigenvalue weighted by Crippen LogP contribution is 2.26. The molecule has 0 fully saturated rings. The lowest BCUT2D eigenvalue weighted by Gasteiger charge is -2.08. The van der Waals surface area contributed by atoms with Crippen molar-refractivity contribution in [1.29, 1.82) is 0 Å². The number of aryl methyl sites for hydroxylation is 1. The number of nitro groups is 1. The summed E-state index contributed by atoms with van der Waals surface area (Å²) in [6.07, 6.45) is 1.90. The first kappa shape index (κ1) is 16.7. The van der Waals surface area contributed by atoms with Crippen LogP contribution in [-0.2, 0) is 6.54 Å². The van der Waals surface area contributed by atoms with Crippen LogP contribution in [0.3, 0.4) is 0 Å². The number of imidazole rings is 1. The van der Waals surface area contributed by atoms with E-state index in [1.807, 2.05) is 35.7 Å². The second-order valence-electron chi connectivity index (χ2n) is 5.29. The zero-order chi connectivity index (χ0) is 18.0. The molecule has 3 rings (SSSR count). The van der Waals surface area contributed by atoms with Gasteiger partial charge in [0.15, 0.2) is 0 Å². The van der Waals surface area contributed by atoms with E-state index in [4.69, 9.17) is 11.6 Å². The quantitative estimate of drug-likeness (QED) is 0.549. The van der Waals surface area contributed by atoms with Crippen molar-refractivity contribution in [3.63, 3.8) is 0 Å². The molecule has 3 aromatic rings. The Balaban J connectivity index is 1.68. The van der Waals surface area contributed by atoms with Gasteiger partial charge in [-0.15, -0.1) is 0 Å². The summed E-state index contributed by atoms with van der Waals surface area (Å²) in [6.45, 7) is 2.12. The van der Waals surface area contributed by atoms with E-state index >= 15 is 0 Å². The summed E-state index contributed by atoms with van der Waals surface area (Å²) < 4.78 is 1.93. The average molecular weight is 360 g/mol. The lowest BCUT2D eigenvalue weighted by Crippen LogP contribution is -2.28. The first-order chi connectivity index (χ1) is 12.0. The number of fused-ring (bicyclic) bond motifs is 1. The topological polar surface area (TPSA) is 102 Å². The normalized spacial score (nSPS) is 10.6. The van der Waals surface area contributed by atoms with Crippen LogP contribution >= 0.6 is 11.6 Å². The minimum Gasteiger partial charge on any atom is -0.332 e. The number of nitrogens with one attached hydrogen (secondary N) is 2. The van der Waals surface area contributed by atoms with Crippen LogP contribution in [0.2, 0.25) is 5.02 Å². The molecule has 2 amide bonds. The third-order valence-electron chi connectivity index (χ3n) is 3.63. The number of non-ortho nitro benzene ring substituents is 1. The number of carbonyl (C=O) groups excluding carboxylic acids is 1. The molecular formula is C16H14ClN5O3. The number of nitrogens with zero attached hydrogens (tertiary/aromatic N) is 3. The lowest BCUT2D eigenvalue weighted by atomic mass is 10.3. The van der Waals surface area contributed by atoms with Crippen LogP contribution in [0.1, 0.15) is 11.5 Å². The van der Waals surface area contributed by atoms with E-state index in [1.165, 1.54) is 18.2 Å². The summed E-state index contributed by atoms with van der Waals surface area (Å²) in [5.41, 5.74) is 1.79. The minimum absolute atomic E-state index is 0.0904. The lowest BCUT2D eigenvalue weighted by molar-refractivity contribution is -0.384. The van der Waals surface area contributed by atoms with Gasteiger partial charge in [0.05, 0.1) is 33.4 Å². The fraction of sp³-hybridized carbons (Fsp3) is 0.125. The van der Waals surface area contributed by atoms with Crippen molar-refractivity contribution < 1.29 is 9.72 Å². The molecule has 0 atom stereocenters. The molecule has 9 heteroatoms. The fourth-order valence-corrected chi connectivity index (χ4v) is 2.67. The number of hydrogen-bond donors (Lipinski definition) is 2. The van der Waals surface area contributed by atoms with E-state index in [9.17, 15) is 14.9 Å². The maximum Gasteiger partial charge on any atom is 0.319 e. The fourth-order valence-electron chi connectivity index (χ4n) is 2.45. The third-order valence-corrected chi connectivity index (χ3v) is 3.94. The van der Waals surface area contributed by atoms with Crippen molar-refractivity contribution in [2.24, 2.45) is 0 Å². The molecule has 0 spiro atoms. The number of benzene rings is 1. The Bertz CT molecular complexity index is 970. The van der Waals surface area contributed by atoms with E-state index in [0.29, 0.717) is 0 Å². The van der Waals surface area contributed by atoms with Gasteiger partial charge in [0.1, 0.15) is 5.82 Å². The van der Waals surface area contributed by atoms with E-state index in [2.05, 4.69) is 15.6 Å². The summed E-state index contributed by atoms with van der Waals surface area (Å²) >= 11 is 5.95. The Kier molecular flexibility index (Phi) is 4.53. The van der Waals surface area contributed by atoms with Crippen LogP contribution in [-0.4, -0.2) is 20.3 Å². The van der Waals surface area contributed by atoms with Gasteiger partial charge in [-0.3, -0.25) is 10.1 Å². The molecule has 8 nitrogen and oxygen atoms in total. The van der Waals surface area contributed by atoms with Crippen LogP contribution in [0.5, 0.6) is 0 Å².